The highest BCUT2D eigenvalue weighted by Crippen LogP contribution is 2.14. The van der Waals surface area contributed by atoms with Gasteiger partial charge in [-0.1, -0.05) is 13.8 Å². The quantitative estimate of drug-likeness (QED) is 0.598. The first-order chi connectivity index (χ1) is 4.72. The molecule has 1 heterocycles. The number of hydrogen-bond donors (Lipinski definition) is 2. The van der Waals surface area contributed by atoms with Crippen LogP contribution in [0.25, 0.3) is 0 Å². The minimum Gasteiger partial charge on any atom is -0.391 e. The first-order valence-electron chi connectivity index (χ1n) is 4.13. The number of aliphatic hydroxyl groups excluding tert-OH is 1. The van der Waals surface area contributed by atoms with Gasteiger partial charge in [0.25, 0.3) is 0 Å². The molecule has 1 unspecified atom stereocenters. The first kappa shape index (κ1) is 8.02. The fourth-order valence-corrected chi connectivity index (χ4v) is 1.47. The zero-order valence-corrected chi connectivity index (χ0v) is 6.80. The third-order valence-electron chi connectivity index (χ3n) is 2.19. The van der Waals surface area contributed by atoms with Gasteiger partial charge in [0, 0.05) is 6.04 Å². The highest BCUT2D eigenvalue weighted by molar-refractivity contribution is 4.82. The van der Waals surface area contributed by atoms with Gasteiger partial charge < -0.3 is 10.4 Å². The van der Waals surface area contributed by atoms with Gasteiger partial charge in [0.2, 0.25) is 0 Å². The van der Waals surface area contributed by atoms with Gasteiger partial charge in [0.15, 0.2) is 0 Å². The van der Waals surface area contributed by atoms with Gasteiger partial charge in [-0.2, -0.15) is 0 Å². The number of nitrogens with one attached hydrogen (secondary N) is 1. The van der Waals surface area contributed by atoms with Crippen molar-refractivity contribution < 1.29 is 5.11 Å². The molecule has 0 saturated carbocycles. The Morgan fingerprint density at radius 1 is 1.50 bits per heavy atom. The molecule has 1 rings (SSSR count). The van der Waals surface area contributed by atoms with E-state index in [1.807, 2.05) is 0 Å². The summed E-state index contributed by atoms with van der Waals surface area (Å²) >= 11 is 0. The maximum Gasteiger partial charge on any atom is 0.0716 e. The molecule has 1 saturated heterocycles. The standard InChI is InChI=1S/C8H17NO/c1-6(2)8(10)7-4-3-5-9-7/h6-10H,3-5H2,1-2H3/t7-,8?/m1/s1. The minimum atomic E-state index is -0.150. The molecule has 1 aliphatic rings. The van der Waals surface area contributed by atoms with Crippen LogP contribution in [0.4, 0.5) is 0 Å². The molecule has 0 aliphatic carbocycles. The highest BCUT2D eigenvalue weighted by atomic mass is 16.3. The maximum absolute atomic E-state index is 9.56. The van der Waals surface area contributed by atoms with Gasteiger partial charge in [-0.15, -0.1) is 0 Å². The average Bonchev–Trinajstić information content (AvgIpc) is 2.36. The lowest BCUT2D eigenvalue weighted by Crippen LogP contribution is -2.37. The second-order valence-electron chi connectivity index (χ2n) is 3.44. The van der Waals surface area contributed by atoms with Gasteiger partial charge in [-0.25, -0.2) is 0 Å². The molecule has 60 valence electrons. The van der Waals surface area contributed by atoms with Crippen molar-refractivity contribution in [2.24, 2.45) is 5.92 Å². The Labute approximate surface area is 62.6 Å². The Morgan fingerprint density at radius 3 is 2.60 bits per heavy atom. The fraction of sp³-hybridized carbons (Fsp3) is 1.00. The van der Waals surface area contributed by atoms with Crippen molar-refractivity contribution in [1.29, 1.82) is 0 Å². The Hall–Kier alpha value is -0.0800. The van der Waals surface area contributed by atoms with Crippen LogP contribution in [0, 0.1) is 5.92 Å². The molecule has 2 atom stereocenters. The molecule has 0 aromatic rings. The molecule has 0 aromatic carbocycles. The third kappa shape index (κ3) is 1.70. The fourth-order valence-electron chi connectivity index (χ4n) is 1.47. The van der Waals surface area contributed by atoms with Crippen LogP contribution < -0.4 is 5.32 Å². The van der Waals surface area contributed by atoms with Crippen molar-refractivity contribution in [3.05, 3.63) is 0 Å². The third-order valence-corrected chi connectivity index (χ3v) is 2.19. The lowest BCUT2D eigenvalue weighted by Gasteiger charge is -2.21. The molecule has 2 heteroatoms. The predicted molar refractivity (Wildman–Crippen MR) is 41.9 cm³/mol. The maximum atomic E-state index is 9.56. The normalized spacial score (nSPS) is 29.4. The summed E-state index contributed by atoms with van der Waals surface area (Å²) in [5.74, 6) is 0.385. The van der Waals surface area contributed by atoms with Crippen molar-refractivity contribution in [3.63, 3.8) is 0 Å². The summed E-state index contributed by atoms with van der Waals surface area (Å²) in [7, 11) is 0. The molecular formula is C8H17NO. The highest BCUT2D eigenvalue weighted by Gasteiger charge is 2.24. The minimum absolute atomic E-state index is 0.150. The molecule has 10 heavy (non-hydrogen) atoms. The van der Waals surface area contributed by atoms with E-state index in [2.05, 4.69) is 19.2 Å². The van der Waals surface area contributed by atoms with Crippen LogP contribution in [0.5, 0.6) is 0 Å². The second-order valence-corrected chi connectivity index (χ2v) is 3.44. The molecule has 0 aromatic heterocycles. The lowest BCUT2D eigenvalue weighted by atomic mass is 9.99. The van der Waals surface area contributed by atoms with Gasteiger partial charge in [-0.3, -0.25) is 0 Å². The number of aliphatic hydroxyl groups is 1. The molecular weight excluding hydrogens is 126 g/mol. The van der Waals surface area contributed by atoms with E-state index in [0.717, 1.165) is 13.0 Å². The van der Waals surface area contributed by atoms with Crippen LogP contribution >= 0.6 is 0 Å². The van der Waals surface area contributed by atoms with Gasteiger partial charge in [0.1, 0.15) is 0 Å². The Balaban J connectivity index is 2.32. The zero-order valence-electron chi connectivity index (χ0n) is 6.80. The van der Waals surface area contributed by atoms with Gasteiger partial charge >= 0.3 is 0 Å². The van der Waals surface area contributed by atoms with Gasteiger partial charge in [-0.05, 0) is 25.3 Å². The van der Waals surface area contributed by atoms with E-state index in [9.17, 15) is 5.11 Å². The average molecular weight is 143 g/mol. The van der Waals surface area contributed by atoms with E-state index in [0.29, 0.717) is 12.0 Å². The van der Waals surface area contributed by atoms with E-state index in [1.54, 1.807) is 0 Å². The largest absolute Gasteiger partial charge is 0.391 e. The molecule has 1 fully saturated rings. The van der Waals surface area contributed by atoms with Crippen molar-refractivity contribution in [2.45, 2.75) is 38.8 Å². The van der Waals surface area contributed by atoms with Crippen molar-refractivity contribution in [1.82, 2.24) is 5.32 Å². The van der Waals surface area contributed by atoms with Gasteiger partial charge in [0.05, 0.1) is 6.10 Å². The zero-order chi connectivity index (χ0) is 7.56. The summed E-state index contributed by atoms with van der Waals surface area (Å²) in [5, 5.41) is 12.9. The molecule has 1 aliphatic heterocycles. The smallest absolute Gasteiger partial charge is 0.0716 e. The summed E-state index contributed by atoms with van der Waals surface area (Å²) in [6.07, 6.45) is 2.20. The van der Waals surface area contributed by atoms with Crippen LogP contribution in [0.1, 0.15) is 26.7 Å². The summed E-state index contributed by atoms with van der Waals surface area (Å²) in [6.45, 7) is 5.20. The summed E-state index contributed by atoms with van der Waals surface area (Å²) in [4.78, 5) is 0. The van der Waals surface area contributed by atoms with Crippen LogP contribution in [-0.4, -0.2) is 23.8 Å². The van der Waals surface area contributed by atoms with E-state index in [-0.39, 0.29) is 6.10 Å². The van der Waals surface area contributed by atoms with E-state index >= 15 is 0 Å². The summed E-state index contributed by atoms with van der Waals surface area (Å²) in [5.41, 5.74) is 0. The van der Waals surface area contributed by atoms with E-state index in [4.69, 9.17) is 0 Å². The summed E-state index contributed by atoms with van der Waals surface area (Å²) in [6, 6.07) is 0.361. The van der Waals surface area contributed by atoms with Crippen molar-refractivity contribution in [2.75, 3.05) is 6.54 Å². The molecule has 0 spiro atoms. The number of rotatable bonds is 2. The van der Waals surface area contributed by atoms with Crippen molar-refractivity contribution in [3.8, 4) is 0 Å². The van der Waals surface area contributed by atoms with E-state index in [1.165, 1.54) is 6.42 Å². The first-order valence-corrected chi connectivity index (χ1v) is 4.13. The Morgan fingerprint density at radius 2 is 2.20 bits per heavy atom. The van der Waals surface area contributed by atoms with Crippen LogP contribution in [0.2, 0.25) is 0 Å². The molecule has 2 nitrogen and oxygen atoms in total. The summed E-state index contributed by atoms with van der Waals surface area (Å²) < 4.78 is 0. The molecule has 0 amide bonds. The second kappa shape index (κ2) is 3.35. The molecule has 0 radical (unpaired) electrons. The van der Waals surface area contributed by atoms with E-state index < -0.39 is 0 Å². The molecule has 2 N–H and O–H groups in total. The Bertz CT molecular complexity index is 97.4. The van der Waals surface area contributed by atoms with Crippen LogP contribution in [0.15, 0.2) is 0 Å². The number of hydrogen-bond acceptors (Lipinski definition) is 2. The van der Waals surface area contributed by atoms with Crippen LogP contribution in [0.3, 0.4) is 0 Å². The van der Waals surface area contributed by atoms with Crippen LogP contribution in [-0.2, 0) is 0 Å². The SMILES string of the molecule is CC(C)C(O)[C@H]1CCCN1. The lowest BCUT2D eigenvalue weighted by molar-refractivity contribution is 0.0906. The molecule has 0 bridgehead atoms. The monoisotopic (exact) mass is 143 g/mol. The Kier molecular flexibility index (Phi) is 2.69. The topological polar surface area (TPSA) is 32.3 Å². The predicted octanol–water partition coefficient (Wildman–Crippen LogP) is 0.755. The van der Waals surface area contributed by atoms with Crippen molar-refractivity contribution >= 4 is 0 Å².